The second-order valence-corrected chi connectivity index (χ2v) is 5.93. The lowest BCUT2D eigenvalue weighted by Crippen LogP contribution is -2.42. The molecule has 0 radical (unpaired) electrons. The molecule has 0 atom stereocenters. The highest BCUT2D eigenvalue weighted by atomic mass is 15.3. The molecule has 0 amide bonds. The van der Waals surface area contributed by atoms with E-state index in [0.29, 0.717) is 5.96 Å². The molecular weight excluding hydrogens is 250 g/mol. The molecule has 2 heterocycles. The van der Waals surface area contributed by atoms with Crippen molar-refractivity contribution in [2.75, 3.05) is 19.6 Å². The third-order valence-corrected chi connectivity index (χ3v) is 4.40. The van der Waals surface area contributed by atoms with Gasteiger partial charge in [0.05, 0.1) is 5.69 Å². The van der Waals surface area contributed by atoms with Crippen LogP contribution in [0.3, 0.4) is 0 Å². The van der Waals surface area contributed by atoms with E-state index in [0.717, 1.165) is 37.7 Å². The van der Waals surface area contributed by atoms with Crippen LogP contribution in [0.25, 0.3) is 0 Å². The number of piperidine rings is 1. The first-order valence-electron chi connectivity index (χ1n) is 7.53. The summed E-state index contributed by atoms with van der Waals surface area (Å²) < 4.78 is 1.93. The molecule has 112 valence electrons. The molecule has 2 N–H and O–H groups in total. The largest absolute Gasteiger partial charge is 0.370 e. The second kappa shape index (κ2) is 6.29. The van der Waals surface area contributed by atoms with Gasteiger partial charge in [-0.1, -0.05) is 6.92 Å². The average molecular weight is 277 g/mol. The fourth-order valence-electron chi connectivity index (χ4n) is 2.80. The van der Waals surface area contributed by atoms with Gasteiger partial charge in [-0.2, -0.15) is 5.10 Å². The van der Waals surface area contributed by atoms with Crippen LogP contribution < -0.4 is 5.73 Å². The predicted octanol–water partition coefficient (Wildman–Crippen LogP) is 1.63. The van der Waals surface area contributed by atoms with E-state index in [1.807, 2.05) is 11.7 Å². The molecule has 1 aromatic rings. The number of guanidine groups is 1. The first kappa shape index (κ1) is 14.9. The molecule has 1 aromatic heterocycles. The van der Waals surface area contributed by atoms with Crippen LogP contribution in [0.4, 0.5) is 0 Å². The summed E-state index contributed by atoms with van der Waals surface area (Å²) in [5.41, 5.74) is 9.72. The van der Waals surface area contributed by atoms with Gasteiger partial charge in [-0.15, -0.1) is 0 Å². The lowest BCUT2D eigenvalue weighted by Gasteiger charge is -2.31. The van der Waals surface area contributed by atoms with Gasteiger partial charge in [-0.05, 0) is 44.6 Å². The number of aliphatic imine (C=N–C) groups is 1. The van der Waals surface area contributed by atoms with Crippen molar-refractivity contribution < 1.29 is 0 Å². The maximum Gasteiger partial charge on any atom is 0.191 e. The van der Waals surface area contributed by atoms with Crippen molar-refractivity contribution in [1.29, 1.82) is 0 Å². The zero-order valence-electron chi connectivity index (χ0n) is 13.2. The molecule has 5 nitrogen and oxygen atoms in total. The van der Waals surface area contributed by atoms with Crippen LogP contribution in [0.2, 0.25) is 0 Å². The van der Waals surface area contributed by atoms with Crippen molar-refractivity contribution >= 4 is 5.96 Å². The van der Waals surface area contributed by atoms with Gasteiger partial charge in [-0.3, -0.25) is 9.67 Å². The molecule has 0 aromatic carbocycles. The number of aryl methyl sites for hydroxylation is 2. The molecule has 1 fully saturated rings. The maximum absolute atomic E-state index is 6.09. The maximum atomic E-state index is 6.09. The summed E-state index contributed by atoms with van der Waals surface area (Å²) in [7, 11) is 1.98. The van der Waals surface area contributed by atoms with Crippen LogP contribution in [-0.2, 0) is 13.5 Å². The Morgan fingerprint density at radius 2 is 2.00 bits per heavy atom. The fraction of sp³-hybridized carbons (Fsp3) is 0.733. The van der Waals surface area contributed by atoms with E-state index in [-0.39, 0.29) is 0 Å². The standard InChI is InChI=1S/C15H27N5/c1-11-6-9-20(10-7-11)15(16)17-8-5-14-12(2)18-19(4)13(14)3/h11H,5-10H2,1-4H3,(H2,16,17). The number of hydrogen-bond donors (Lipinski definition) is 1. The van der Waals surface area contributed by atoms with Gasteiger partial charge in [0.1, 0.15) is 0 Å². The lowest BCUT2D eigenvalue weighted by molar-refractivity contribution is 0.277. The van der Waals surface area contributed by atoms with Crippen molar-refractivity contribution in [1.82, 2.24) is 14.7 Å². The summed E-state index contributed by atoms with van der Waals surface area (Å²) in [6.45, 7) is 9.29. The quantitative estimate of drug-likeness (QED) is 0.675. The Morgan fingerprint density at radius 3 is 2.55 bits per heavy atom. The summed E-state index contributed by atoms with van der Waals surface area (Å²) in [4.78, 5) is 6.75. The van der Waals surface area contributed by atoms with E-state index in [1.165, 1.54) is 24.1 Å². The summed E-state index contributed by atoms with van der Waals surface area (Å²) in [5, 5.41) is 4.43. The zero-order valence-corrected chi connectivity index (χ0v) is 13.2. The Kier molecular flexibility index (Phi) is 4.68. The zero-order chi connectivity index (χ0) is 14.7. The molecule has 2 rings (SSSR count). The van der Waals surface area contributed by atoms with Gasteiger partial charge in [0.25, 0.3) is 0 Å². The van der Waals surface area contributed by atoms with Crippen molar-refractivity contribution in [3.63, 3.8) is 0 Å². The number of nitrogens with two attached hydrogens (primary N) is 1. The molecule has 5 heteroatoms. The molecule has 0 spiro atoms. The van der Waals surface area contributed by atoms with Gasteiger partial charge >= 0.3 is 0 Å². The van der Waals surface area contributed by atoms with Crippen molar-refractivity contribution in [3.8, 4) is 0 Å². The Balaban J connectivity index is 1.89. The third kappa shape index (κ3) is 3.32. The highest BCUT2D eigenvalue weighted by molar-refractivity contribution is 5.78. The van der Waals surface area contributed by atoms with Gasteiger partial charge in [0.2, 0.25) is 0 Å². The van der Waals surface area contributed by atoms with E-state index < -0.39 is 0 Å². The molecule has 0 aliphatic carbocycles. The summed E-state index contributed by atoms with van der Waals surface area (Å²) >= 11 is 0. The molecule has 1 saturated heterocycles. The third-order valence-electron chi connectivity index (χ3n) is 4.40. The molecular formula is C15H27N5. The van der Waals surface area contributed by atoms with Crippen LogP contribution >= 0.6 is 0 Å². The van der Waals surface area contributed by atoms with Crippen LogP contribution in [0, 0.1) is 19.8 Å². The van der Waals surface area contributed by atoms with Crippen molar-refractivity contribution in [2.24, 2.45) is 23.7 Å². The normalized spacial score (nSPS) is 17.8. The summed E-state index contributed by atoms with van der Waals surface area (Å²) in [5.74, 6) is 1.52. The molecule has 0 saturated carbocycles. The molecule has 0 bridgehead atoms. The molecule has 20 heavy (non-hydrogen) atoms. The Labute approximate surface area is 121 Å². The van der Waals surface area contributed by atoms with E-state index >= 15 is 0 Å². The van der Waals surface area contributed by atoms with Crippen LogP contribution in [0.15, 0.2) is 4.99 Å². The Hall–Kier alpha value is -1.52. The van der Waals surface area contributed by atoms with Crippen LogP contribution in [0.5, 0.6) is 0 Å². The number of hydrogen-bond acceptors (Lipinski definition) is 2. The van der Waals surface area contributed by atoms with Crippen LogP contribution in [0.1, 0.15) is 36.7 Å². The first-order valence-corrected chi connectivity index (χ1v) is 7.53. The Morgan fingerprint density at radius 1 is 1.35 bits per heavy atom. The minimum absolute atomic E-state index is 0.705. The topological polar surface area (TPSA) is 59.4 Å². The van der Waals surface area contributed by atoms with Crippen LogP contribution in [-0.4, -0.2) is 40.3 Å². The average Bonchev–Trinajstić information content (AvgIpc) is 2.65. The van der Waals surface area contributed by atoms with E-state index in [1.54, 1.807) is 0 Å². The number of likely N-dealkylation sites (tertiary alicyclic amines) is 1. The smallest absolute Gasteiger partial charge is 0.191 e. The molecule has 1 aliphatic rings. The van der Waals surface area contributed by atoms with Gasteiger partial charge in [0, 0.05) is 32.4 Å². The molecule has 1 aliphatic heterocycles. The number of nitrogens with zero attached hydrogens (tertiary/aromatic N) is 4. The monoisotopic (exact) mass is 277 g/mol. The van der Waals surface area contributed by atoms with E-state index in [4.69, 9.17) is 5.73 Å². The first-order chi connectivity index (χ1) is 9.49. The minimum Gasteiger partial charge on any atom is -0.370 e. The molecule has 0 unspecified atom stereocenters. The summed E-state index contributed by atoms with van der Waals surface area (Å²) in [6.07, 6.45) is 3.35. The van der Waals surface area contributed by atoms with E-state index in [9.17, 15) is 0 Å². The van der Waals surface area contributed by atoms with Gasteiger partial charge < -0.3 is 10.6 Å². The predicted molar refractivity (Wildman–Crippen MR) is 82.8 cm³/mol. The Bertz CT molecular complexity index is 481. The van der Waals surface area contributed by atoms with Crippen molar-refractivity contribution in [3.05, 3.63) is 17.0 Å². The lowest BCUT2D eigenvalue weighted by atomic mass is 10.00. The minimum atomic E-state index is 0.705. The summed E-state index contributed by atoms with van der Waals surface area (Å²) in [6, 6.07) is 0. The number of rotatable bonds is 3. The van der Waals surface area contributed by atoms with E-state index in [2.05, 4.69) is 35.8 Å². The van der Waals surface area contributed by atoms with Gasteiger partial charge in [-0.25, -0.2) is 0 Å². The highest BCUT2D eigenvalue weighted by Crippen LogP contribution is 2.16. The second-order valence-electron chi connectivity index (χ2n) is 5.93. The SMILES string of the molecule is Cc1nn(C)c(C)c1CCN=C(N)N1CCC(C)CC1. The number of aromatic nitrogens is 2. The highest BCUT2D eigenvalue weighted by Gasteiger charge is 2.17. The van der Waals surface area contributed by atoms with Gasteiger partial charge in [0.15, 0.2) is 5.96 Å². The van der Waals surface area contributed by atoms with Crippen molar-refractivity contribution in [2.45, 2.75) is 40.0 Å². The fourth-order valence-corrected chi connectivity index (χ4v) is 2.80.